The Morgan fingerprint density at radius 3 is 2.25 bits per heavy atom. The summed E-state index contributed by atoms with van der Waals surface area (Å²) < 4.78 is 38.9. The molecule has 28 heavy (non-hydrogen) atoms. The van der Waals surface area contributed by atoms with Crippen molar-refractivity contribution >= 4 is 11.9 Å². The maximum absolute atomic E-state index is 13.0. The molecule has 0 atom stereocenters. The lowest BCUT2D eigenvalue weighted by Gasteiger charge is -2.34. The highest BCUT2D eigenvalue weighted by Gasteiger charge is 2.33. The predicted octanol–water partition coefficient (Wildman–Crippen LogP) is 3.49. The van der Waals surface area contributed by atoms with Crippen molar-refractivity contribution in [2.24, 2.45) is 5.92 Å². The summed E-state index contributed by atoms with van der Waals surface area (Å²) in [6.45, 7) is 4.89. The molecule has 1 fully saturated rings. The van der Waals surface area contributed by atoms with Crippen molar-refractivity contribution in [3.63, 3.8) is 0 Å². The van der Waals surface area contributed by atoms with Gasteiger partial charge in [0, 0.05) is 45.1 Å². The molecule has 2 rings (SSSR count). The fourth-order valence-corrected chi connectivity index (χ4v) is 3.29. The molecule has 0 bridgehead atoms. The zero-order chi connectivity index (χ0) is 21.1. The van der Waals surface area contributed by atoms with Crippen molar-refractivity contribution in [2.75, 3.05) is 33.7 Å². The van der Waals surface area contributed by atoms with Crippen LogP contribution in [-0.2, 0) is 16.4 Å². The summed E-state index contributed by atoms with van der Waals surface area (Å²) >= 11 is 0. The Hall–Kier alpha value is -2.25. The van der Waals surface area contributed by atoms with Gasteiger partial charge in [0.1, 0.15) is 0 Å². The quantitative estimate of drug-likeness (QED) is 0.843. The third kappa shape index (κ3) is 5.39. The Balaban J connectivity index is 1.93. The molecular formula is C20H28F3N3O2. The third-order valence-corrected chi connectivity index (χ3v) is 5.19. The molecule has 5 nitrogen and oxygen atoms in total. The summed E-state index contributed by atoms with van der Waals surface area (Å²) in [5, 5.41) is 2.88. The van der Waals surface area contributed by atoms with Gasteiger partial charge < -0.3 is 15.1 Å². The average molecular weight is 399 g/mol. The van der Waals surface area contributed by atoms with E-state index in [4.69, 9.17) is 0 Å². The Morgan fingerprint density at radius 2 is 1.71 bits per heavy atom. The van der Waals surface area contributed by atoms with Gasteiger partial charge in [0.05, 0.1) is 5.56 Å². The molecule has 0 spiro atoms. The molecule has 1 aliphatic heterocycles. The first kappa shape index (κ1) is 22.0. The van der Waals surface area contributed by atoms with Crippen LogP contribution in [0.15, 0.2) is 24.3 Å². The zero-order valence-corrected chi connectivity index (χ0v) is 16.8. The zero-order valence-electron chi connectivity index (χ0n) is 16.8. The molecule has 1 N–H and O–H groups in total. The Morgan fingerprint density at radius 1 is 1.14 bits per heavy atom. The molecule has 1 heterocycles. The van der Waals surface area contributed by atoms with Gasteiger partial charge in [-0.1, -0.05) is 32.0 Å². The number of alkyl halides is 3. The van der Waals surface area contributed by atoms with Crippen LogP contribution in [0.1, 0.15) is 37.8 Å². The lowest BCUT2D eigenvalue weighted by atomic mass is 9.83. The molecule has 0 saturated carbocycles. The number of benzene rings is 1. The van der Waals surface area contributed by atoms with Crippen LogP contribution < -0.4 is 5.32 Å². The number of piperidine rings is 1. The minimum absolute atomic E-state index is 0.0652. The van der Waals surface area contributed by atoms with E-state index in [-0.39, 0.29) is 24.4 Å². The van der Waals surface area contributed by atoms with Gasteiger partial charge in [-0.05, 0) is 24.5 Å². The Bertz CT molecular complexity index is 709. The van der Waals surface area contributed by atoms with E-state index >= 15 is 0 Å². The molecule has 1 aliphatic rings. The first-order valence-electron chi connectivity index (χ1n) is 9.33. The Kier molecular flexibility index (Phi) is 6.62. The average Bonchev–Trinajstić information content (AvgIpc) is 2.65. The van der Waals surface area contributed by atoms with Gasteiger partial charge >= 0.3 is 12.2 Å². The van der Waals surface area contributed by atoms with Crippen molar-refractivity contribution in [3.8, 4) is 0 Å². The third-order valence-electron chi connectivity index (χ3n) is 5.19. The molecule has 0 aromatic heterocycles. The molecule has 1 saturated heterocycles. The number of amides is 3. The van der Waals surface area contributed by atoms with Crippen molar-refractivity contribution < 1.29 is 22.8 Å². The normalized spacial score (nSPS) is 16.0. The Labute approximate surface area is 163 Å². The minimum Gasteiger partial charge on any atom is -0.355 e. The topological polar surface area (TPSA) is 52.7 Å². The number of urea groups is 1. The highest BCUT2D eigenvalue weighted by molar-refractivity contribution is 5.79. The molecule has 156 valence electrons. The number of carbonyl (C=O) groups excluding carboxylic acids is 2. The molecule has 0 radical (unpaired) electrons. The van der Waals surface area contributed by atoms with E-state index in [1.54, 1.807) is 38.9 Å². The van der Waals surface area contributed by atoms with Crippen LogP contribution in [0.3, 0.4) is 0 Å². The maximum Gasteiger partial charge on any atom is 0.416 e. The van der Waals surface area contributed by atoms with Crippen LogP contribution >= 0.6 is 0 Å². The SMILES string of the molecule is CN(C)C(=O)N1CCC(C(=O)NCC(C)(C)c2cccc(C(F)(F)F)c2)CC1. The summed E-state index contributed by atoms with van der Waals surface area (Å²) in [6.07, 6.45) is -3.24. The standard InChI is InChI=1S/C20H28F3N3O2/c1-19(2,15-6-5-7-16(12-15)20(21,22)23)13-24-17(27)14-8-10-26(11-9-14)18(28)25(3)4/h5-7,12,14H,8-11,13H2,1-4H3,(H,24,27). The second kappa shape index (κ2) is 8.41. The first-order valence-corrected chi connectivity index (χ1v) is 9.33. The molecule has 0 unspecified atom stereocenters. The highest BCUT2D eigenvalue weighted by atomic mass is 19.4. The van der Waals surface area contributed by atoms with Gasteiger partial charge in [-0.3, -0.25) is 4.79 Å². The van der Waals surface area contributed by atoms with Gasteiger partial charge in [-0.15, -0.1) is 0 Å². The van der Waals surface area contributed by atoms with Crippen LogP contribution in [0.25, 0.3) is 0 Å². The van der Waals surface area contributed by atoms with Gasteiger partial charge in [0.2, 0.25) is 5.91 Å². The van der Waals surface area contributed by atoms with Crippen LogP contribution in [0.4, 0.5) is 18.0 Å². The lowest BCUT2D eigenvalue weighted by Crippen LogP contribution is -2.47. The fraction of sp³-hybridized carbons (Fsp3) is 0.600. The molecular weight excluding hydrogens is 371 g/mol. The number of likely N-dealkylation sites (tertiary alicyclic amines) is 1. The number of hydrogen-bond acceptors (Lipinski definition) is 2. The van der Waals surface area contributed by atoms with Crippen molar-refractivity contribution in [1.82, 2.24) is 15.1 Å². The number of carbonyl (C=O) groups is 2. The van der Waals surface area contributed by atoms with E-state index in [0.29, 0.717) is 31.5 Å². The molecule has 0 aliphatic carbocycles. The predicted molar refractivity (Wildman–Crippen MR) is 101 cm³/mol. The summed E-state index contributed by atoms with van der Waals surface area (Å²) in [6, 6.07) is 5.15. The second-order valence-electron chi connectivity index (χ2n) is 8.12. The van der Waals surface area contributed by atoms with Gasteiger partial charge in [-0.25, -0.2) is 4.79 Å². The van der Waals surface area contributed by atoms with Gasteiger partial charge in [-0.2, -0.15) is 13.2 Å². The van der Waals surface area contributed by atoms with E-state index in [2.05, 4.69) is 5.32 Å². The van der Waals surface area contributed by atoms with Crippen LogP contribution in [-0.4, -0.2) is 55.5 Å². The van der Waals surface area contributed by atoms with Crippen molar-refractivity contribution in [3.05, 3.63) is 35.4 Å². The van der Waals surface area contributed by atoms with E-state index in [1.807, 2.05) is 0 Å². The minimum atomic E-state index is -4.40. The second-order valence-corrected chi connectivity index (χ2v) is 8.12. The van der Waals surface area contributed by atoms with E-state index < -0.39 is 17.2 Å². The summed E-state index contributed by atoms with van der Waals surface area (Å²) in [5.41, 5.74) is -0.810. The highest BCUT2D eigenvalue weighted by Crippen LogP contribution is 2.32. The monoisotopic (exact) mass is 399 g/mol. The fourth-order valence-electron chi connectivity index (χ4n) is 3.29. The molecule has 8 heteroatoms. The number of halogens is 3. The van der Waals surface area contributed by atoms with E-state index in [9.17, 15) is 22.8 Å². The maximum atomic E-state index is 13.0. The number of rotatable bonds is 4. The molecule has 3 amide bonds. The number of nitrogens with one attached hydrogen (secondary N) is 1. The summed E-state index contributed by atoms with van der Waals surface area (Å²) in [5.74, 6) is -0.305. The van der Waals surface area contributed by atoms with Crippen LogP contribution in [0.2, 0.25) is 0 Å². The summed E-state index contributed by atoms with van der Waals surface area (Å²) in [4.78, 5) is 27.7. The van der Waals surface area contributed by atoms with Crippen molar-refractivity contribution in [1.29, 1.82) is 0 Å². The number of hydrogen-bond donors (Lipinski definition) is 1. The van der Waals surface area contributed by atoms with E-state index in [1.165, 1.54) is 11.0 Å². The van der Waals surface area contributed by atoms with Gasteiger partial charge in [0.15, 0.2) is 0 Å². The molecule has 1 aromatic carbocycles. The number of nitrogens with zero attached hydrogens (tertiary/aromatic N) is 2. The first-order chi connectivity index (χ1) is 12.9. The van der Waals surface area contributed by atoms with Crippen molar-refractivity contribution in [2.45, 2.75) is 38.3 Å². The molecule has 1 aromatic rings. The summed E-state index contributed by atoms with van der Waals surface area (Å²) in [7, 11) is 3.38. The van der Waals surface area contributed by atoms with E-state index in [0.717, 1.165) is 12.1 Å². The van der Waals surface area contributed by atoms with Gasteiger partial charge in [0.25, 0.3) is 0 Å². The largest absolute Gasteiger partial charge is 0.416 e. The van der Waals surface area contributed by atoms with Crippen LogP contribution in [0, 0.1) is 5.92 Å². The lowest BCUT2D eigenvalue weighted by molar-refractivity contribution is -0.137. The smallest absolute Gasteiger partial charge is 0.355 e. The van der Waals surface area contributed by atoms with Crippen LogP contribution in [0.5, 0.6) is 0 Å².